The SMILES string of the molecule is COCCOc1ccncc1CNC(C)(C)C. The number of nitrogens with one attached hydrogen (secondary N) is 1. The number of ether oxygens (including phenoxy) is 2. The molecule has 0 fully saturated rings. The van der Waals surface area contributed by atoms with Gasteiger partial charge in [-0.05, 0) is 26.8 Å². The van der Waals surface area contributed by atoms with Crippen molar-refractivity contribution in [3.63, 3.8) is 0 Å². The second-order valence-corrected chi connectivity index (χ2v) is 4.93. The molecule has 4 nitrogen and oxygen atoms in total. The Balaban J connectivity index is 2.58. The molecule has 1 heterocycles. The van der Waals surface area contributed by atoms with Gasteiger partial charge in [-0.25, -0.2) is 0 Å². The van der Waals surface area contributed by atoms with Gasteiger partial charge in [0.05, 0.1) is 6.61 Å². The molecule has 0 unspecified atom stereocenters. The average Bonchev–Trinajstić information content (AvgIpc) is 2.27. The topological polar surface area (TPSA) is 43.4 Å². The van der Waals surface area contributed by atoms with Gasteiger partial charge in [-0.1, -0.05) is 0 Å². The quantitative estimate of drug-likeness (QED) is 0.770. The van der Waals surface area contributed by atoms with Gasteiger partial charge in [0.2, 0.25) is 0 Å². The molecule has 0 aliphatic carbocycles. The molecular formula is C13H22N2O2. The number of hydrogen-bond acceptors (Lipinski definition) is 4. The van der Waals surface area contributed by atoms with Gasteiger partial charge in [0, 0.05) is 37.2 Å². The van der Waals surface area contributed by atoms with Crippen molar-refractivity contribution >= 4 is 0 Å². The molecule has 17 heavy (non-hydrogen) atoms. The van der Waals surface area contributed by atoms with Crippen LogP contribution in [0.25, 0.3) is 0 Å². The summed E-state index contributed by atoms with van der Waals surface area (Å²) in [5.41, 5.74) is 1.15. The lowest BCUT2D eigenvalue weighted by Gasteiger charge is -2.21. The second-order valence-electron chi connectivity index (χ2n) is 4.93. The highest BCUT2D eigenvalue weighted by Crippen LogP contribution is 2.17. The molecule has 0 saturated carbocycles. The third kappa shape index (κ3) is 5.65. The second kappa shape index (κ2) is 6.57. The number of nitrogens with zero attached hydrogens (tertiary/aromatic N) is 1. The number of hydrogen-bond donors (Lipinski definition) is 1. The maximum atomic E-state index is 5.64. The highest BCUT2D eigenvalue weighted by Gasteiger charge is 2.10. The molecule has 1 aromatic rings. The minimum atomic E-state index is 0.0830. The summed E-state index contributed by atoms with van der Waals surface area (Å²) in [5, 5.41) is 3.42. The molecule has 1 rings (SSSR count). The van der Waals surface area contributed by atoms with Gasteiger partial charge in [-0.15, -0.1) is 0 Å². The molecule has 1 N–H and O–H groups in total. The summed E-state index contributed by atoms with van der Waals surface area (Å²) in [7, 11) is 1.66. The van der Waals surface area contributed by atoms with E-state index in [0.717, 1.165) is 17.9 Å². The fourth-order valence-electron chi connectivity index (χ4n) is 1.28. The van der Waals surface area contributed by atoms with E-state index in [1.165, 1.54) is 0 Å². The van der Waals surface area contributed by atoms with Crippen LogP contribution in [-0.2, 0) is 11.3 Å². The predicted octanol–water partition coefficient (Wildman–Crippen LogP) is 1.99. The van der Waals surface area contributed by atoms with Crippen molar-refractivity contribution in [2.75, 3.05) is 20.3 Å². The van der Waals surface area contributed by atoms with E-state index in [9.17, 15) is 0 Å². The van der Waals surface area contributed by atoms with Crippen molar-refractivity contribution in [3.05, 3.63) is 24.0 Å². The van der Waals surface area contributed by atoms with Crippen molar-refractivity contribution in [3.8, 4) is 5.75 Å². The summed E-state index contributed by atoms with van der Waals surface area (Å²) in [5.74, 6) is 0.869. The zero-order chi connectivity index (χ0) is 12.7. The van der Waals surface area contributed by atoms with Crippen LogP contribution in [0.5, 0.6) is 5.75 Å². The molecule has 0 aliphatic heterocycles. The van der Waals surface area contributed by atoms with Gasteiger partial charge in [0.1, 0.15) is 12.4 Å². The van der Waals surface area contributed by atoms with Crippen molar-refractivity contribution in [2.24, 2.45) is 0 Å². The van der Waals surface area contributed by atoms with Gasteiger partial charge in [0.25, 0.3) is 0 Å². The van der Waals surface area contributed by atoms with Crippen LogP contribution in [0.2, 0.25) is 0 Å². The van der Waals surface area contributed by atoms with Gasteiger partial charge < -0.3 is 14.8 Å². The maximum Gasteiger partial charge on any atom is 0.126 e. The minimum absolute atomic E-state index is 0.0830. The molecule has 0 aromatic carbocycles. The van der Waals surface area contributed by atoms with Crippen LogP contribution in [0.4, 0.5) is 0 Å². The Hall–Kier alpha value is -1.13. The molecule has 0 amide bonds. The first-order valence-electron chi connectivity index (χ1n) is 5.82. The summed E-state index contributed by atoms with van der Waals surface area (Å²) < 4.78 is 10.6. The Morgan fingerprint density at radius 1 is 1.29 bits per heavy atom. The number of aromatic nitrogens is 1. The standard InChI is InChI=1S/C13H22N2O2/c1-13(2,3)15-10-11-9-14-6-5-12(11)17-8-7-16-4/h5-6,9,15H,7-8,10H2,1-4H3. The van der Waals surface area contributed by atoms with Crippen LogP contribution in [0.3, 0.4) is 0 Å². The Morgan fingerprint density at radius 2 is 2.06 bits per heavy atom. The predicted molar refractivity (Wildman–Crippen MR) is 68.2 cm³/mol. The van der Waals surface area contributed by atoms with Crippen LogP contribution < -0.4 is 10.1 Å². The fraction of sp³-hybridized carbons (Fsp3) is 0.615. The molecule has 0 aliphatic rings. The van der Waals surface area contributed by atoms with Crippen LogP contribution in [-0.4, -0.2) is 30.8 Å². The van der Waals surface area contributed by atoms with Crippen LogP contribution in [0.1, 0.15) is 26.3 Å². The molecule has 0 atom stereocenters. The lowest BCUT2D eigenvalue weighted by molar-refractivity contribution is 0.145. The van der Waals surface area contributed by atoms with Crippen LogP contribution >= 0.6 is 0 Å². The summed E-state index contributed by atoms with van der Waals surface area (Å²) >= 11 is 0. The van der Waals surface area contributed by atoms with E-state index in [2.05, 4.69) is 31.1 Å². The normalized spacial score (nSPS) is 11.5. The monoisotopic (exact) mass is 238 g/mol. The van der Waals surface area contributed by atoms with Crippen molar-refractivity contribution < 1.29 is 9.47 Å². The van der Waals surface area contributed by atoms with Crippen molar-refractivity contribution in [2.45, 2.75) is 32.9 Å². The van der Waals surface area contributed by atoms with Gasteiger partial charge in [-0.2, -0.15) is 0 Å². The highest BCUT2D eigenvalue weighted by molar-refractivity contribution is 5.30. The van der Waals surface area contributed by atoms with E-state index in [-0.39, 0.29) is 5.54 Å². The lowest BCUT2D eigenvalue weighted by atomic mass is 10.1. The van der Waals surface area contributed by atoms with E-state index in [4.69, 9.17) is 9.47 Å². The zero-order valence-electron chi connectivity index (χ0n) is 11.1. The van der Waals surface area contributed by atoms with E-state index in [1.807, 2.05) is 12.3 Å². The van der Waals surface area contributed by atoms with Gasteiger partial charge in [0.15, 0.2) is 0 Å². The first-order valence-corrected chi connectivity index (χ1v) is 5.82. The largest absolute Gasteiger partial charge is 0.491 e. The van der Waals surface area contributed by atoms with Crippen LogP contribution in [0, 0.1) is 0 Å². The third-order valence-corrected chi connectivity index (χ3v) is 2.21. The summed E-state index contributed by atoms with van der Waals surface area (Å²) in [4.78, 5) is 4.12. The number of methoxy groups -OCH3 is 1. The Kier molecular flexibility index (Phi) is 5.38. The molecule has 0 bridgehead atoms. The number of pyridine rings is 1. The van der Waals surface area contributed by atoms with E-state index >= 15 is 0 Å². The Labute approximate surface area is 103 Å². The summed E-state index contributed by atoms with van der Waals surface area (Å²) in [6.45, 7) is 8.30. The average molecular weight is 238 g/mol. The third-order valence-electron chi connectivity index (χ3n) is 2.21. The molecular weight excluding hydrogens is 216 g/mol. The molecule has 1 aromatic heterocycles. The molecule has 0 spiro atoms. The van der Waals surface area contributed by atoms with Crippen LogP contribution in [0.15, 0.2) is 18.5 Å². The first-order chi connectivity index (χ1) is 8.03. The smallest absolute Gasteiger partial charge is 0.126 e. The van der Waals surface area contributed by atoms with Crippen molar-refractivity contribution in [1.29, 1.82) is 0 Å². The fourth-order valence-corrected chi connectivity index (χ4v) is 1.28. The Morgan fingerprint density at radius 3 is 2.71 bits per heavy atom. The van der Waals surface area contributed by atoms with Gasteiger partial charge >= 0.3 is 0 Å². The molecule has 0 saturated heterocycles. The Bertz CT molecular complexity index is 334. The summed E-state index contributed by atoms with van der Waals surface area (Å²) in [6, 6.07) is 1.88. The first kappa shape index (κ1) is 13.9. The zero-order valence-corrected chi connectivity index (χ0v) is 11.1. The van der Waals surface area contributed by atoms with Gasteiger partial charge in [-0.3, -0.25) is 4.98 Å². The highest BCUT2D eigenvalue weighted by atomic mass is 16.5. The van der Waals surface area contributed by atoms with E-state index in [1.54, 1.807) is 13.3 Å². The van der Waals surface area contributed by atoms with E-state index < -0.39 is 0 Å². The van der Waals surface area contributed by atoms with E-state index in [0.29, 0.717) is 13.2 Å². The van der Waals surface area contributed by atoms with Crippen molar-refractivity contribution in [1.82, 2.24) is 10.3 Å². The number of rotatable bonds is 6. The minimum Gasteiger partial charge on any atom is -0.491 e. The lowest BCUT2D eigenvalue weighted by Crippen LogP contribution is -2.35. The maximum absolute atomic E-state index is 5.64. The molecule has 96 valence electrons. The molecule has 0 radical (unpaired) electrons. The molecule has 4 heteroatoms. The summed E-state index contributed by atoms with van der Waals surface area (Å²) in [6.07, 6.45) is 3.57.